The van der Waals surface area contributed by atoms with Crippen LogP contribution in [0.15, 0.2) is 36.4 Å². The van der Waals surface area contributed by atoms with Gasteiger partial charge in [-0.25, -0.2) is 18.0 Å². The lowest BCUT2D eigenvalue weighted by molar-refractivity contribution is -0.149. The van der Waals surface area contributed by atoms with Crippen molar-refractivity contribution in [3.05, 3.63) is 65.0 Å². The molecule has 2 atom stereocenters. The Labute approximate surface area is 256 Å². The molecule has 2 aromatic rings. The first-order valence-corrected chi connectivity index (χ1v) is 14.9. The van der Waals surface area contributed by atoms with Crippen molar-refractivity contribution in [3.63, 3.8) is 0 Å². The van der Waals surface area contributed by atoms with Crippen LogP contribution in [0.2, 0.25) is 0 Å². The van der Waals surface area contributed by atoms with Crippen molar-refractivity contribution in [2.45, 2.75) is 65.3 Å². The van der Waals surface area contributed by atoms with E-state index in [0.29, 0.717) is 31.4 Å². The summed E-state index contributed by atoms with van der Waals surface area (Å²) in [5.41, 5.74) is 7.63. The van der Waals surface area contributed by atoms with Crippen LogP contribution in [0.4, 0.5) is 18.9 Å². The van der Waals surface area contributed by atoms with Crippen LogP contribution in [0.25, 0.3) is 0 Å². The van der Waals surface area contributed by atoms with Crippen molar-refractivity contribution in [1.29, 1.82) is 0 Å². The van der Waals surface area contributed by atoms with Crippen molar-refractivity contribution >= 4 is 35.7 Å². The Morgan fingerprint density at radius 1 is 1.07 bits per heavy atom. The number of terminal acetylenes is 1. The van der Waals surface area contributed by atoms with E-state index in [1.165, 1.54) is 0 Å². The average molecular weight is 623 g/mol. The number of nitrogens with two attached hydrogens (primary N) is 1. The van der Waals surface area contributed by atoms with Crippen LogP contribution in [0, 0.1) is 36.2 Å². The zero-order valence-electron chi connectivity index (χ0n) is 24.9. The minimum atomic E-state index is -1.23. The molecule has 0 saturated carbocycles. The molecule has 1 fully saturated rings. The molecule has 2 aromatic carbocycles. The van der Waals surface area contributed by atoms with Gasteiger partial charge < -0.3 is 26.0 Å². The Kier molecular flexibility index (Phi) is 16.9. The zero-order valence-corrected chi connectivity index (χ0v) is 25.8. The Morgan fingerprint density at radius 2 is 1.70 bits per heavy atom. The Bertz CT molecular complexity index is 1190. The number of anilines is 1. The molecular formula is C31H41F3N4O4S. The summed E-state index contributed by atoms with van der Waals surface area (Å²) in [7, 11) is 0. The molecule has 12 heteroatoms. The molecule has 4 N–H and O–H groups in total. The molecule has 43 heavy (non-hydrogen) atoms. The number of ether oxygens (including phenoxy) is 1. The minimum Gasteiger partial charge on any atom is -0.461 e. The summed E-state index contributed by atoms with van der Waals surface area (Å²) in [5, 5.41) is 5.81. The normalized spacial score (nSPS) is 13.6. The van der Waals surface area contributed by atoms with E-state index in [1.54, 1.807) is 16.7 Å². The fraction of sp³-hybridized carbons (Fsp3) is 0.452. The van der Waals surface area contributed by atoms with Gasteiger partial charge >= 0.3 is 5.97 Å². The molecule has 236 valence electrons. The summed E-state index contributed by atoms with van der Waals surface area (Å²) >= 11 is 1.66. The maximum atomic E-state index is 13.5. The number of hydrogen-bond acceptors (Lipinski definition) is 7. The van der Waals surface area contributed by atoms with Gasteiger partial charge in [0, 0.05) is 43.1 Å². The van der Waals surface area contributed by atoms with Crippen molar-refractivity contribution in [2.75, 3.05) is 23.5 Å². The van der Waals surface area contributed by atoms with Crippen LogP contribution in [-0.4, -0.2) is 59.5 Å². The number of carbonyl (C=O) groups is 3. The predicted molar refractivity (Wildman–Crippen MR) is 164 cm³/mol. The van der Waals surface area contributed by atoms with Gasteiger partial charge in [-0.1, -0.05) is 26.0 Å². The van der Waals surface area contributed by atoms with Crippen LogP contribution in [0.1, 0.15) is 45.2 Å². The maximum Gasteiger partial charge on any atom is 0.329 e. The van der Waals surface area contributed by atoms with Crippen molar-refractivity contribution < 1.29 is 32.3 Å². The van der Waals surface area contributed by atoms with Gasteiger partial charge in [-0.15, -0.1) is 24.6 Å². The highest BCUT2D eigenvalue weighted by atomic mass is 32.2. The molecule has 0 bridgehead atoms. The maximum absolute atomic E-state index is 13.5. The summed E-state index contributed by atoms with van der Waals surface area (Å²) in [6.45, 7) is 8.81. The molecule has 2 amide bonds. The van der Waals surface area contributed by atoms with Crippen LogP contribution in [-0.2, 0) is 32.1 Å². The SMILES string of the molecule is C#C.CC(C)OC(=O)C(Nc1ccc(CNC=O)cc1)C(C)C.N[C@@H](CC(=O)N1CCSC1)Cc1cc(F)c(F)cc1F. The van der Waals surface area contributed by atoms with E-state index in [9.17, 15) is 27.6 Å². The van der Waals surface area contributed by atoms with Crippen LogP contribution in [0.5, 0.6) is 0 Å². The number of amides is 2. The van der Waals surface area contributed by atoms with E-state index < -0.39 is 23.5 Å². The molecule has 1 aliphatic rings. The number of hydrogen-bond donors (Lipinski definition) is 3. The molecule has 3 rings (SSSR count). The summed E-state index contributed by atoms with van der Waals surface area (Å²) in [5.74, 6) is -1.86. The third kappa shape index (κ3) is 13.4. The fourth-order valence-corrected chi connectivity index (χ4v) is 4.87. The number of thioether (sulfide) groups is 1. The van der Waals surface area contributed by atoms with Gasteiger partial charge in [0.25, 0.3) is 0 Å². The van der Waals surface area contributed by atoms with Gasteiger partial charge in [0.05, 0.1) is 12.0 Å². The van der Waals surface area contributed by atoms with Crippen molar-refractivity contribution in [3.8, 4) is 12.8 Å². The average Bonchev–Trinajstić information content (AvgIpc) is 3.50. The Hall–Kier alpha value is -3.69. The van der Waals surface area contributed by atoms with E-state index in [1.807, 2.05) is 52.0 Å². The zero-order chi connectivity index (χ0) is 32.5. The first-order valence-electron chi connectivity index (χ1n) is 13.7. The molecule has 0 radical (unpaired) electrons. The van der Waals surface area contributed by atoms with E-state index in [2.05, 4.69) is 23.5 Å². The summed E-state index contributed by atoms with van der Waals surface area (Å²) < 4.78 is 44.6. The van der Waals surface area contributed by atoms with Gasteiger partial charge in [-0.3, -0.25) is 9.59 Å². The molecule has 0 aliphatic carbocycles. The number of nitrogens with one attached hydrogen (secondary N) is 2. The second-order valence-electron chi connectivity index (χ2n) is 10.3. The minimum absolute atomic E-state index is 0.00421. The first-order chi connectivity index (χ1) is 20.4. The molecule has 0 aromatic heterocycles. The lowest BCUT2D eigenvalue weighted by Crippen LogP contribution is -2.37. The van der Waals surface area contributed by atoms with Crippen LogP contribution >= 0.6 is 11.8 Å². The van der Waals surface area contributed by atoms with Crippen LogP contribution < -0.4 is 16.4 Å². The predicted octanol–water partition coefficient (Wildman–Crippen LogP) is 4.47. The highest BCUT2D eigenvalue weighted by Gasteiger charge is 2.24. The monoisotopic (exact) mass is 622 g/mol. The summed E-state index contributed by atoms with van der Waals surface area (Å²) in [6.07, 6.45) is 8.61. The molecule has 1 aliphatic heterocycles. The second-order valence-corrected chi connectivity index (χ2v) is 11.3. The van der Waals surface area contributed by atoms with E-state index in [0.717, 1.165) is 23.1 Å². The quantitative estimate of drug-likeness (QED) is 0.139. The van der Waals surface area contributed by atoms with E-state index in [4.69, 9.17) is 10.5 Å². The standard InChI is InChI=1S/C16H24N2O3.C13H15F3N2OS.C2H2/c1-11(2)15(16(20)21-12(3)4)18-14-7-5-13(6-8-14)9-17-10-19;14-10-6-12(16)11(15)4-8(10)3-9(17)5-13(19)18-1-2-20-7-18;1-2/h5-8,10-12,15,18H,9H2,1-4H3,(H,17,19);4,6,9H,1-3,5,7,17H2;1-2H/t;9-;/m.1./s1. The number of carbonyl (C=O) groups excluding carboxylic acids is 3. The van der Waals surface area contributed by atoms with Gasteiger partial charge in [-0.05, 0) is 55.5 Å². The second kappa shape index (κ2) is 19.5. The largest absolute Gasteiger partial charge is 0.461 e. The smallest absolute Gasteiger partial charge is 0.329 e. The van der Waals surface area contributed by atoms with Gasteiger partial charge in [0.15, 0.2) is 11.6 Å². The van der Waals surface area contributed by atoms with Crippen LogP contribution in [0.3, 0.4) is 0 Å². The van der Waals surface area contributed by atoms with Gasteiger partial charge in [0.2, 0.25) is 12.3 Å². The lowest BCUT2D eigenvalue weighted by atomic mass is 10.0. The topological polar surface area (TPSA) is 114 Å². The number of nitrogens with zero attached hydrogens (tertiary/aromatic N) is 1. The lowest BCUT2D eigenvalue weighted by Gasteiger charge is -2.23. The van der Waals surface area contributed by atoms with Crippen molar-refractivity contribution in [2.24, 2.45) is 11.7 Å². The third-order valence-electron chi connectivity index (χ3n) is 6.05. The Morgan fingerprint density at radius 3 is 2.23 bits per heavy atom. The third-order valence-corrected chi connectivity index (χ3v) is 7.02. The molecule has 0 spiro atoms. The number of benzene rings is 2. The first kappa shape index (κ1) is 37.3. The summed E-state index contributed by atoms with van der Waals surface area (Å²) in [4.78, 5) is 35.9. The summed E-state index contributed by atoms with van der Waals surface area (Å²) in [6, 6.07) is 7.88. The highest BCUT2D eigenvalue weighted by Crippen LogP contribution is 2.19. The molecule has 1 heterocycles. The number of rotatable bonds is 12. The van der Waals surface area contributed by atoms with Gasteiger partial charge in [0.1, 0.15) is 11.9 Å². The highest BCUT2D eigenvalue weighted by molar-refractivity contribution is 7.99. The van der Waals surface area contributed by atoms with E-state index >= 15 is 0 Å². The van der Waals surface area contributed by atoms with Crippen molar-refractivity contribution in [1.82, 2.24) is 10.2 Å². The number of esters is 1. The Balaban J connectivity index is 0.000000407. The molecule has 1 saturated heterocycles. The number of halogens is 3. The molecule has 8 nitrogen and oxygen atoms in total. The molecular weight excluding hydrogens is 581 g/mol. The fourth-order valence-electron chi connectivity index (χ4n) is 3.90. The van der Waals surface area contributed by atoms with Gasteiger partial charge in [-0.2, -0.15) is 0 Å². The molecule has 1 unspecified atom stereocenters. The van der Waals surface area contributed by atoms with E-state index in [-0.39, 0.29) is 48.3 Å².